The van der Waals surface area contributed by atoms with Crippen molar-refractivity contribution in [3.8, 4) is 0 Å². The number of nitrogens with one attached hydrogen (secondary N) is 1. The smallest absolute Gasteiger partial charge is 0.274 e. The van der Waals surface area contributed by atoms with Gasteiger partial charge < -0.3 is 0 Å². The standard InChI is InChI=1S/C11H11N2OS2/c1-8-7-16-11(15)13(12-8)10(14)9-5-3-2-4-6-9/h2-7,11-12H,1H3. The van der Waals surface area contributed by atoms with Crippen molar-refractivity contribution in [1.82, 2.24) is 10.4 Å². The highest BCUT2D eigenvalue weighted by Crippen LogP contribution is 2.26. The van der Waals surface area contributed by atoms with Gasteiger partial charge in [-0.2, -0.15) is 0 Å². The van der Waals surface area contributed by atoms with Crippen LogP contribution in [0.25, 0.3) is 0 Å². The molecule has 1 aromatic rings. The molecule has 1 amide bonds. The van der Waals surface area contributed by atoms with Crippen molar-refractivity contribution in [2.24, 2.45) is 0 Å². The van der Waals surface area contributed by atoms with E-state index in [4.69, 9.17) is 12.6 Å². The maximum atomic E-state index is 12.1. The van der Waals surface area contributed by atoms with Crippen LogP contribution in [0.4, 0.5) is 0 Å². The van der Waals surface area contributed by atoms with Gasteiger partial charge in [-0.25, -0.2) is 5.01 Å². The normalized spacial score (nSPS) is 20.0. The molecule has 5 heteroatoms. The summed E-state index contributed by atoms with van der Waals surface area (Å²) < 4.78 is -0.309. The predicted molar refractivity (Wildman–Crippen MR) is 68.5 cm³/mol. The molecule has 1 atom stereocenters. The Morgan fingerprint density at radius 3 is 2.81 bits per heavy atom. The molecule has 16 heavy (non-hydrogen) atoms. The van der Waals surface area contributed by atoms with Gasteiger partial charge in [-0.05, 0) is 24.5 Å². The lowest BCUT2D eigenvalue weighted by Gasteiger charge is -2.31. The average molecular weight is 251 g/mol. The van der Waals surface area contributed by atoms with E-state index >= 15 is 0 Å². The molecule has 1 unspecified atom stereocenters. The molecule has 1 heterocycles. The minimum absolute atomic E-state index is 0.0967. The number of hydrazine groups is 1. The first-order chi connectivity index (χ1) is 7.68. The number of amides is 1. The van der Waals surface area contributed by atoms with Crippen molar-refractivity contribution in [2.45, 2.75) is 11.6 Å². The molecule has 1 radical (unpaired) electrons. The van der Waals surface area contributed by atoms with Crippen molar-refractivity contribution in [1.29, 1.82) is 0 Å². The van der Waals surface area contributed by atoms with E-state index in [0.29, 0.717) is 5.56 Å². The van der Waals surface area contributed by atoms with E-state index < -0.39 is 0 Å². The number of thioether (sulfide) groups is 1. The largest absolute Gasteiger partial charge is 0.298 e. The lowest BCUT2D eigenvalue weighted by atomic mass is 10.2. The molecule has 0 spiro atoms. The molecule has 83 valence electrons. The second kappa shape index (κ2) is 4.84. The van der Waals surface area contributed by atoms with Crippen LogP contribution in [0, 0.1) is 0 Å². The van der Waals surface area contributed by atoms with Gasteiger partial charge in [-0.3, -0.25) is 10.2 Å². The van der Waals surface area contributed by atoms with E-state index in [1.54, 1.807) is 12.1 Å². The molecule has 0 aromatic heterocycles. The summed E-state index contributed by atoms with van der Waals surface area (Å²) in [7, 11) is 0. The molecular formula is C11H11N2OS2. The fourth-order valence-corrected chi connectivity index (χ4v) is 2.32. The van der Waals surface area contributed by atoms with Crippen LogP contribution < -0.4 is 5.43 Å². The highest BCUT2D eigenvalue weighted by Gasteiger charge is 2.25. The van der Waals surface area contributed by atoms with Crippen LogP contribution in [0.15, 0.2) is 41.4 Å². The average Bonchev–Trinajstić information content (AvgIpc) is 2.32. The van der Waals surface area contributed by atoms with Crippen LogP contribution in [0.5, 0.6) is 0 Å². The Morgan fingerprint density at radius 1 is 1.44 bits per heavy atom. The third-order valence-corrected chi connectivity index (χ3v) is 3.59. The van der Waals surface area contributed by atoms with Gasteiger partial charge in [0.25, 0.3) is 5.91 Å². The third kappa shape index (κ3) is 2.36. The van der Waals surface area contributed by atoms with Crippen LogP contribution in [0.3, 0.4) is 0 Å². The molecular weight excluding hydrogens is 240 g/mol. The van der Waals surface area contributed by atoms with Gasteiger partial charge in [0.1, 0.15) is 0 Å². The van der Waals surface area contributed by atoms with Gasteiger partial charge in [0.2, 0.25) is 0 Å². The molecule has 1 aliphatic heterocycles. The monoisotopic (exact) mass is 251 g/mol. The van der Waals surface area contributed by atoms with Gasteiger partial charge in [0.15, 0.2) is 4.71 Å². The van der Waals surface area contributed by atoms with E-state index in [2.05, 4.69) is 5.43 Å². The number of carbonyl (C=O) groups excluding carboxylic acids is 1. The first-order valence-corrected chi connectivity index (χ1v) is 6.23. The Bertz CT molecular complexity index is 419. The summed E-state index contributed by atoms with van der Waals surface area (Å²) in [5.41, 5.74) is 4.55. The summed E-state index contributed by atoms with van der Waals surface area (Å²) in [6.07, 6.45) is 0. The number of benzene rings is 1. The van der Waals surface area contributed by atoms with Crippen LogP contribution >= 0.6 is 24.4 Å². The van der Waals surface area contributed by atoms with Crippen LogP contribution in [0.2, 0.25) is 0 Å². The van der Waals surface area contributed by atoms with Crippen molar-refractivity contribution in [3.63, 3.8) is 0 Å². The fraction of sp³-hybridized carbons (Fsp3) is 0.182. The number of hydrogen-bond donors (Lipinski definition) is 1. The molecule has 3 nitrogen and oxygen atoms in total. The Kier molecular flexibility index (Phi) is 3.46. The number of carbonyl (C=O) groups is 1. The second-order valence-corrected chi connectivity index (χ2v) is 5.10. The topological polar surface area (TPSA) is 32.3 Å². The predicted octanol–water partition coefficient (Wildman–Crippen LogP) is 2.72. The highest BCUT2D eigenvalue weighted by molar-refractivity contribution is 8.12. The van der Waals surface area contributed by atoms with Crippen LogP contribution in [-0.4, -0.2) is 15.6 Å². The van der Waals surface area contributed by atoms with Crippen molar-refractivity contribution < 1.29 is 4.79 Å². The lowest BCUT2D eigenvalue weighted by molar-refractivity contribution is 0.0709. The maximum absolute atomic E-state index is 12.1. The fourth-order valence-electron chi connectivity index (χ4n) is 1.36. The third-order valence-electron chi connectivity index (χ3n) is 2.11. The molecule has 0 saturated heterocycles. The van der Waals surface area contributed by atoms with Crippen molar-refractivity contribution >= 4 is 30.3 Å². The zero-order valence-electron chi connectivity index (χ0n) is 8.71. The Balaban J connectivity index is 2.19. The molecule has 0 fully saturated rings. The number of allylic oxidation sites excluding steroid dienone is 1. The summed E-state index contributed by atoms with van der Waals surface area (Å²) in [5, 5.41) is 3.40. The van der Waals surface area contributed by atoms with Crippen molar-refractivity contribution in [2.75, 3.05) is 0 Å². The van der Waals surface area contributed by atoms with E-state index in [1.165, 1.54) is 16.8 Å². The van der Waals surface area contributed by atoms with Crippen LogP contribution in [0.1, 0.15) is 17.3 Å². The second-order valence-electron chi connectivity index (χ2n) is 3.40. The highest BCUT2D eigenvalue weighted by atomic mass is 32.2. The molecule has 1 N–H and O–H groups in total. The number of rotatable bonds is 1. The first-order valence-electron chi connectivity index (χ1n) is 4.82. The van der Waals surface area contributed by atoms with E-state index in [9.17, 15) is 4.79 Å². The maximum Gasteiger partial charge on any atom is 0.274 e. The zero-order chi connectivity index (χ0) is 11.5. The lowest BCUT2D eigenvalue weighted by Crippen LogP contribution is -2.46. The number of nitrogens with zero attached hydrogens (tertiary/aromatic N) is 1. The van der Waals surface area contributed by atoms with Gasteiger partial charge in [0.05, 0.1) is 0 Å². The summed E-state index contributed by atoms with van der Waals surface area (Å²) in [6, 6.07) is 9.12. The van der Waals surface area contributed by atoms with E-state index in [1.807, 2.05) is 30.5 Å². The summed E-state index contributed by atoms with van der Waals surface area (Å²) in [4.78, 5) is 12.1. The molecule has 0 bridgehead atoms. The minimum atomic E-state index is -0.309. The molecule has 1 aliphatic rings. The van der Waals surface area contributed by atoms with E-state index in [-0.39, 0.29) is 10.6 Å². The van der Waals surface area contributed by atoms with Gasteiger partial charge in [-0.1, -0.05) is 42.6 Å². The Morgan fingerprint density at radius 2 is 2.12 bits per heavy atom. The number of hydrogen-bond acceptors (Lipinski definition) is 3. The minimum Gasteiger partial charge on any atom is -0.298 e. The molecule has 2 rings (SSSR count). The zero-order valence-corrected chi connectivity index (χ0v) is 10.3. The van der Waals surface area contributed by atoms with E-state index in [0.717, 1.165) is 5.70 Å². The van der Waals surface area contributed by atoms with Gasteiger partial charge >= 0.3 is 0 Å². The Labute approximate surface area is 104 Å². The summed E-state index contributed by atoms with van der Waals surface area (Å²) >= 11 is 6.65. The van der Waals surface area contributed by atoms with Gasteiger partial charge in [-0.15, -0.1) is 0 Å². The summed E-state index contributed by atoms with van der Waals surface area (Å²) in [6.45, 7) is 1.90. The molecule has 1 aromatic carbocycles. The quantitative estimate of drug-likeness (QED) is 0.833. The SMILES string of the molecule is CC1=CSC([S])N(C(=O)c2ccccc2)N1. The van der Waals surface area contributed by atoms with Crippen LogP contribution in [-0.2, 0) is 0 Å². The van der Waals surface area contributed by atoms with Gasteiger partial charge in [0, 0.05) is 11.3 Å². The molecule has 0 aliphatic carbocycles. The van der Waals surface area contributed by atoms with Crippen molar-refractivity contribution in [3.05, 3.63) is 47.0 Å². The Hall–Kier alpha value is -1.07. The first kappa shape index (κ1) is 11.4. The summed E-state index contributed by atoms with van der Waals surface area (Å²) in [5.74, 6) is -0.0967. The molecule has 0 saturated carbocycles.